The maximum atomic E-state index is 14.5. The van der Waals surface area contributed by atoms with Gasteiger partial charge in [-0.1, -0.05) is 42.5 Å². The minimum absolute atomic E-state index is 0.0258. The van der Waals surface area contributed by atoms with E-state index >= 15 is 0 Å². The second-order valence-corrected chi connectivity index (χ2v) is 9.83. The molecule has 3 aromatic carbocycles. The van der Waals surface area contributed by atoms with Crippen LogP contribution in [0, 0.1) is 5.82 Å². The molecule has 1 atom stereocenters. The van der Waals surface area contributed by atoms with Gasteiger partial charge in [-0.25, -0.2) is 12.8 Å². The van der Waals surface area contributed by atoms with Crippen LogP contribution in [0.1, 0.15) is 29.0 Å². The Balaban J connectivity index is 1.76. The molecule has 0 N–H and O–H groups in total. The molecule has 0 fully saturated rings. The Morgan fingerprint density at radius 3 is 2.31 bits per heavy atom. The predicted octanol–water partition coefficient (Wildman–Crippen LogP) is 4.86. The van der Waals surface area contributed by atoms with E-state index in [9.17, 15) is 12.8 Å². The van der Waals surface area contributed by atoms with Crippen LogP contribution in [0.25, 0.3) is 11.1 Å². The fourth-order valence-electron chi connectivity index (χ4n) is 4.11. The van der Waals surface area contributed by atoms with Crippen molar-refractivity contribution in [2.24, 2.45) is 0 Å². The number of benzene rings is 3. The lowest BCUT2D eigenvalue weighted by Gasteiger charge is -2.19. The number of nitrogens with zero attached hydrogens (tertiary/aromatic N) is 1. The fourth-order valence-corrected chi connectivity index (χ4v) is 4.74. The highest BCUT2D eigenvalue weighted by molar-refractivity contribution is 7.90. The zero-order valence-corrected chi connectivity index (χ0v) is 17.4. The minimum Gasteiger partial charge on any atom is -0.302 e. The lowest BCUT2D eigenvalue weighted by Crippen LogP contribution is -2.17. The van der Waals surface area contributed by atoms with Gasteiger partial charge in [0.25, 0.3) is 0 Å². The lowest BCUT2D eigenvalue weighted by atomic mass is 9.85. The molecule has 0 bridgehead atoms. The van der Waals surface area contributed by atoms with E-state index < -0.39 is 9.84 Å². The third-order valence-electron chi connectivity index (χ3n) is 5.65. The number of sulfone groups is 1. The van der Waals surface area contributed by atoms with E-state index in [2.05, 4.69) is 24.1 Å². The van der Waals surface area contributed by atoms with Crippen LogP contribution in [-0.2, 0) is 16.4 Å². The summed E-state index contributed by atoms with van der Waals surface area (Å²) in [5.41, 5.74) is 5.09. The molecule has 1 aliphatic rings. The molecule has 0 aromatic heterocycles. The molecule has 4 rings (SSSR count). The van der Waals surface area contributed by atoms with Gasteiger partial charge in [0.15, 0.2) is 9.84 Å². The van der Waals surface area contributed by atoms with Gasteiger partial charge in [-0.2, -0.15) is 0 Å². The smallest absolute Gasteiger partial charge is 0.175 e. The first-order valence-corrected chi connectivity index (χ1v) is 11.6. The van der Waals surface area contributed by atoms with Gasteiger partial charge in [0.2, 0.25) is 0 Å². The Bertz CT molecular complexity index is 1140. The average Bonchev–Trinajstić information content (AvgIpc) is 2.85. The molecule has 150 valence electrons. The summed E-state index contributed by atoms with van der Waals surface area (Å²) in [4.78, 5) is 2.58. The monoisotopic (exact) mass is 409 g/mol. The summed E-state index contributed by atoms with van der Waals surface area (Å²) < 4.78 is 37.9. The van der Waals surface area contributed by atoms with Gasteiger partial charge in [-0.15, -0.1) is 0 Å². The van der Waals surface area contributed by atoms with Crippen molar-refractivity contribution in [2.75, 3.05) is 19.8 Å². The Morgan fingerprint density at radius 1 is 0.931 bits per heavy atom. The molecular formula is C24H24FNO2S. The van der Waals surface area contributed by atoms with Crippen LogP contribution in [0.15, 0.2) is 71.6 Å². The van der Waals surface area contributed by atoms with Crippen molar-refractivity contribution in [1.82, 2.24) is 4.90 Å². The van der Waals surface area contributed by atoms with E-state index in [1.807, 2.05) is 30.3 Å². The van der Waals surface area contributed by atoms with Crippen molar-refractivity contribution in [3.63, 3.8) is 0 Å². The zero-order chi connectivity index (χ0) is 20.6. The van der Waals surface area contributed by atoms with Crippen LogP contribution in [0.2, 0.25) is 0 Å². The number of hydrogen-bond acceptors (Lipinski definition) is 3. The maximum Gasteiger partial charge on any atom is 0.175 e. The van der Waals surface area contributed by atoms with Gasteiger partial charge in [-0.3, -0.25) is 0 Å². The van der Waals surface area contributed by atoms with Crippen molar-refractivity contribution in [3.05, 3.63) is 89.2 Å². The first-order valence-electron chi connectivity index (χ1n) is 9.69. The van der Waals surface area contributed by atoms with Crippen molar-refractivity contribution in [1.29, 1.82) is 0 Å². The largest absolute Gasteiger partial charge is 0.302 e. The summed E-state index contributed by atoms with van der Waals surface area (Å²) >= 11 is 0. The molecule has 29 heavy (non-hydrogen) atoms. The highest BCUT2D eigenvalue weighted by Gasteiger charge is 2.24. The molecule has 0 aliphatic carbocycles. The lowest BCUT2D eigenvalue weighted by molar-refractivity contribution is 0.328. The van der Waals surface area contributed by atoms with Crippen LogP contribution < -0.4 is 0 Å². The first kappa shape index (κ1) is 19.8. The number of rotatable bonds is 3. The Kier molecular flexibility index (Phi) is 5.28. The molecule has 1 aliphatic heterocycles. The molecule has 3 nitrogen and oxygen atoms in total. The normalized spacial score (nSPS) is 17.6. The number of halogens is 1. The molecule has 1 unspecified atom stereocenters. The van der Waals surface area contributed by atoms with Gasteiger partial charge in [0.05, 0.1) is 4.90 Å². The Hall–Kier alpha value is -2.50. The molecule has 0 saturated heterocycles. The molecule has 0 spiro atoms. The summed E-state index contributed by atoms with van der Waals surface area (Å²) in [6.45, 7) is 1.70. The van der Waals surface area contributed by atoms with E-state index in [1.54, 1.807) is 18.2 Å². The number of hydrogen-bond donors (Lipinski definition) is 0. The van der Waals surface area contributed by atoms with Crippen molar-refractivity contribution in [3.8, 4) is 11.1 Å². The summed E-state index contributed by atoms with van der Waals surface area (Å²) in [6.07, 6.45) is 2.08. The summed E-state index contributed by atoms with van der Waals surface area (Å²) in [5.74, 6) is -0.133. The van der Waals surface area contributed by atoms with E-state index in [4.69, 9.17) is 0 Å². The Morgan fingerprint density at radius 2 is 1.62 bits per heavy atom. The van der Waals surface area contributed by atoms with Gasteiger partial charge in [-0.05, 0) is 72.1 Å². The summed E-state index contributed by atoms with van der Waals surface area (Å²) in [7, 11) is -1.13. The maximum absolute atomic E-state index is 14.5. The van der Waals surface area contributed by atoms with Crippen molar-refractivity contribution >= 4 is 9.84 Å². The summed E-state index contributed by atoms with van der Waals surface area (Å²) in [5, 5.41) is 0. The standard InChI is InChI=1S/C24H24FNO2S/c1-26-14-13-22(23-5-3-4-6-24(23)25)21-12-9-18(15-19(21)16-26)17-7-10-20(11-8-17)29(2,27)28/h3-12,15,22H,13-14,16H2,1-2H3. The van der Waals surface area contributed by atoms with E-state index in [0.717, 1.165) is 41.8 Å². The van der Waals surface area contributed by atoms with E-state index in [0.29, 0.717) is 4.90 Å². The number of fused-ring (bicyclic) bond motifs is 1. The molecule has 0 radical (unpaired) electrons. The van der Waals surface area contributed by atoms with Crippen LogP contribution in [0.4, 0.5) is 4.39 Å². The predicted molar refractivity (Wildman–Crippen MR) is 114 cm³/mol. The topological polar surface area (TPSA) is 37.4 Å². The Labute approximate surface area is 171 Å². The minimum atomic E-state index is -3.21. The summed E-state index contributed by atoms with van der Waals surface area (Å²) in [6, 6.07) is 20.3. The highest BCUT2D eigenvalue weighted by Crippen LogP contribution is 2.37. The third kappa shape index (κ3) is 4.11. The second kappa shape index (κ2) is 7.73. The fraction of sp³-hybridized carbons (Fsp3) is 0.250. The van der Waals surface area contributed by atoms with Gasteiger partial charge < -0.3 is 4.90 Å². The molecular weight excluding hydrogens is 385 g/mol. The van der Waals surface area contributed by atoms with Crippen molar-refractivity contribution < 1.29 is 12.8 Å². The molecule has 0 amide bonds. The van der Waals surface area contributed by atoms with Gasteiger partial charge in [0.1, 0.15) is 5.82 Å². The second-order valence-electron chi connectivity index (χ2n) is 7.81. The molecule has 0 saturated carbocycles. The molecule has 1 heterocycles. The third-order valence-corrected chi connectivity index (χ3v) is 6.78. The van der Waals surface area contributed by atoms with E-state index in [-0.39, 0.29) is 11.7 Å². The highest BCUT2D eigenvalue weighted by atomic mass is 32.2. The van der Waals surface area contributed by atoms with Crippen LogP contribution in [0.3, 0.4) is 0 Å². The first-order chi connectivity index (χ1) is 13.8. The van der Waals surface area contributed by atoms with Crippen LogP contribution >= 0.6 is 0 Å². The molecule has 5 heteroatoms. The quantitative estimate of drug-likeness (QED) is 0.620. The van der Waals surface area contributed by atoms with E-state index in [1.165, 1.54) is 17.9 Å². The SMILES string of the molecule is CN1CCC(c2ccccc2F)c2ccc(-c3ccc(S(C)(=O)=O)cc3)cc2C1. The average molecular weight is 410 g/mol. The van der Waals surface area contributed by atoms with Gasteiger partial charge >= 0.3 is 0 Å². The van der Waals surface area contributed by atoms with Crippen molar-refractivity contribution in [2.45, 2.75) is 23.8 Å². The van der Waals surface area contributed by atoms with Gasteiger partial charge in [0, 0.05) is 18.7 Å². The van der Waals surface area contributed by atoms with Crippen LogP contribution in [-0.4, -0.2) is 33.2 Å². The molecule has 3 aromatic rings. The van der Waals surface area contributed by atoms with Crippen LogP contribution in [0.5, 0.6) is 0 Å². The zero-order valence-electron chi connectivity index (χ0n) is 16.6.